The molecular weight excluding hydrogens is 248 g/mol. The maximum absolute atomic E-state index is 5.15. The molecule has 0 radical (unpaired) electrons. The summed E-state index contributed by atoms with van der Waals surface area (Å²) in [6.07, 6.45) is 1.29. The first-order valence-corrected chi connectivity index (χ1v) is 4.71. The molecule has 0 saturated carbocycles. The highest BCUT2D eigenvalue weighted by Crippen LogP contribution is 2.33. The third-order valence-electron chi connectivity index (χ3n) is 1.79. The fourth-order valence-electron chi connectivity index (χ4n) is 1.13. The maximum atomic E-state index is 5.15. The van der Waals surface area contributed by atoms with Crippen molar-refractivity contribution in [2.75, 3.05) is 7.11 Å². The lowest BCUT2D eigenvalue weighted by Crippen LogP contribution is -1.88. The zero-order valence-electron chi connectivity index (χ0n) is 7.40. The molecule has 0 N–H and O–H groups in total. The third-order valence-corrected chi connectivity index (χ3v) is 2.60. The first kappa shape index (κ1) is 9.21. The molecule has 4 nitrogen and oxygen atoms in total. The smallest absolute Gasteiger partial charge is 0.214 e. The Morgan fingerprint density at radius 1 is 1.43 bits per heavy atom. The fraction of sp³-hybridized carbons (Fsp3) is 0.111. The van der Waals surface area contributed by atoms with Crippen LogP contribution in [0.1, 0.15) is 0 Å². The second kappa shape index (κ2) is 3.79. The molecule has 0 aliphatic rings. The predicted molar refractivity (Wildman–Crippen MR) is 54.0 cm³/mol. The summed E-state index contributed by atoms with van der Waals surface area (Å²) in [6.45, 7) is 0. The second-order valence-corrected chi connectivity index (χ2v) is 3.37. The van der Waals surface area contributed by atoms with E-state index < -0.39 is 0 Å². The monoisotopic (exact) mass is 254 g/mol. The average molecular weight is 255 g/mol. The molecule has 14 heavy (non-hydrogen) atoms. The quantitative estimate of drug-likeness (QED) is 0.827. The van der Waals surface area contributed by atoms with Gasteiger partial charge in [0, 0.05) is 5.56 Å². The summed E-state index contributed by atoms with van der Waals surface area (Å²) in [6, 6.07) is 5.61. The van der Waals surface area contributed by atoms with Crippen molar-refractivity contribution in [3.05, 3.63) is 29.1 Å². The molecule has 1 aromatic carbocycles. The van der Waals surface area contributed by atoms with Gasteiger partial charge >= 0.3 is 0 Å². The number of ether oxygens (including phenoxy) is 1. The molecule has 0 unspecified atom stereocenters. The number of halogens is 1. The van der Waals surface area contributed by atoms with Crippen molar-refractivity contribution >= 4 is 15.9 Å². The first-order chi connectivity index (χ1) is 6.83. The molecule has 0 amide bonds. The number of rotatable bonds is 2. The third kappa shape index (κ3) is 1.50. The summed E-state index contributed by atoms with van der Waals surface area (Å²) in [5, 5.41) is 3.75. The summed E-state index contributed by atoms with van der Waals surface area (Å²) in [5.74, 6) is 1.28. The van der Waals surface area contributed by atoms with Crippen molar-refractivity contribution in [1.29, 1.82) is 0 Å². The van der Waals surface area contributed by atoms with Crippen molar-refractivity contribution < 1.29 is 9.26 Å². The second-order valence-electron chi connectivity index (χ2n) is 2.58. The normalized spacial score (nSPS) is 10.1. The van der Waals surface area contributed by atoms with Crippen molar-refractivity contribution in [2.24, 2.45) is 0 Å². The van der Waals surface area contributed by atoms with Gasteiger partial charge in [0.2, 0.25) is 12.2 Å². The van der Waals surface area contributed by atoms with Gasteiger partial charge in [-0.05, 0) is 28.1 Å². The van der Waals surface area contributed by atoms with Gasteiger partial charge in [0.05, 0.1) is 11.6 Å². The van der Waals surface area contributed by atoms with Crippen LogP contribution in [0, 0.1) is 0 Å². The van der Waals surface area contributed by atoms with Gasteiger partial charge in [-0.3, -0.25) is 0 Å². The van der Waals surface area contributed by atoms with Gasteiger partial charge in [-0.15, -0.1) is 0 Å². The molecule has 2 rings (SSSR count). The van der Waals surface area contributed by atoms with Gasteiger partial charge in [-0.2, -0.15) is 4.98 Å². The van der Waals surface area contributed by atoms with Crippen LogP contribution in [0.3, 0.4) is 0 Å². The average Bonchev–Trinajstić information content (AvgIpc) is 2.71. The van der Waals surface area contributed by atoms with Crippen molar-refractivity contribution in [3.63, 3.8) is 0 Å². The molecule has 5 heteroatoms. The Bertz CT molecular complexity index is 428. The van der Waals surface area contributed by atoms with Crippen LogP contribution in [0.2, 0.25) is 0 Å². The largest absolute Gasteiger partial charge is 0.496 e. The van der Waals surface area contributed by atoms with Crippen LogP contribution in [0.5, 0.6) is 5.75 Å². The molecule has 0 saturated heterocycles. The standard InChI is InChI=1S/C9H7BrN2O2/c1-13-7-4-2-3-6(8(7)10)9-11-5-14-12-9/h2-5H,1H3. The van der Waals surface area contributed by atoms with Crippen LogP contribution in [0.25, 0.3) is 11.4 Å². The van der Waals surface area contributed by atoms with E-state index in [1.807, 2.05) is 18.2 Å². The number of hydrogen-bond acceptors (Lipinski definition) is 4. The van der Waals surface area contributed by atoms with Gasteiger partial charge in [-0.25, -0.2) is 0 Å². The minimum absolute atomic E-state index is 0.538. The predicted octanol–water partition coefficient (Wildman–Crippen LogP) is 2.51. The minimum atomic E-state index is 0.538. The van der Waals surface area contributed by atoms with Crippen LogP contribution < -0.4 is 4.74 Å². The summed E-state index contributed by atoms with van der Waals surface area (Å²) in [5.41, 5.74) is 0.845. The van der Waals surface area contributed by atoms with Gasteiger partial charge in [0.25, 0.3) is 0 Å². The van der Waals surface area contributed by atoms with Gasteiger partial charge in [-0.1, -0.05) is 11.2 Å². The molecule has 0 fully saturated rings. The summed E-state index contributed by atoms with van der Waals surface area (Å²) in [4.78, 5) is 3.96. The molecule has 0 aliphatic carbocycles. The number of methoxy groups -OCH3 is 1. The van der Waals surface area contributed by atoms with Crippen molar-refractivity contribution in [2.45, 2.75) is 0 Å². The van der Waals surface area contributed by atoms with Crippen molar-refractivity contribution in [1.82, 2.24) is 10.1 Å². The Kier molecular flexibility index (Phi) is 2.49. The van der Waals surface area contributed by atoms with E-state index in [2.05, 4.69) is 30.6 Å². The van der Waals surface area contributed by atoms with Crippen molar-refractivity contribution in [3.8, 4) is 17.1 Å². The van der Waals surface area contributed by atoms with Gasteiger partial charge < -0.3 is 9.26 Å². The van der Waals surface area contributed by atoms with E-state index >= 15 is 0 Å². The van der Waals surface area contributed by atoms with Crippen LogP contribution in [-0.4, -0.2) is 17.3 Å². The summed E-state index contributed by atoms with van der Waals surface area (Å²) >= 11 is 3.42. The van der Waals surface area contributed by atoms with E-state index in [1.165, 1.54) is 6.39 Å². The molecule has 0 spiro atoms. The first-order valence-electron chi connectivity index (χ1n) is 3.92. The maximum Gasteiger partial charge on any atom is 0.214 e. The molecule has 0 aliphatic heterocycles. The highest BCUT2D eigenvalue weighted by molar-refractivity contribution is 9.10. The fourth-order valence-corrected chi connectivity index (χ4v) is 1.73. The van der Waals surface area contributed by atoms with Crippen LogP contribution >= 0.6 is 15.9 Å². The number of aromatic nitrogens is 2. The molecule has 2 aromatic rings. The zero-order valence-corrected chi connectivity index (χ0v) is 8.98. The van der Waals surface area contributed by atoms with Crippen LogP contribution in [-0.2, 0) is 0 Å². The molecule has 0 bridgehead atoms. The Balaban J connectivity index is 2.54. The molecule has 1 heterocycles. The topological polar surface area (TPSA) is 48.2 Å². The Labute approximate surface area is 89.0 Å². The lowest BCUT2D eigenvalue weighted by atomic mass is 10.2. The summed E-state index contributed by atoms with van der Waals surface area (Å²) in [7, 11) is 1.61. The van der Waals surface area contributed by atoms with E-state index in [-0.39, 0.29) is 0 Å². The molecule has 1 aromatic heterocycles. The summed E-state index contributed by atoms with van der Waals surface area (Å²) < 4.78 is 10.6. The zero-order chi connectivity index (χ0) is 9.97. The molecule has 72 valence electrons. The SMILES string of the molecule is COc1cccc(-c2ncon2)c1Br. The van der Waals surface area contributed by atoms with E-state index in [1.54, 1.807) is 7.11 Å². The van der Waals surface area contributed by atoms with E-state index in [0.29, 0.717) is 5.82 Å². The number of benzene rings is 1. The van der Waals surface area contributed by atoms with E-state index in [4.69, 9.17) is 4.74 Å². The highest BCUT2D eigenvalue weighted by atomic mass is 79.9. The van der Waals surface area contributed by atoms with Gasteiger partial charge in [0.1, 0.15) is 5.75 Å². The Morgan fingerprint density at radius 2 is 2.29 bits per heavy atom. The molecular formula is C9H7BrN2O2. The lowest BCUT2D eigenvalue weighted by molar-refractivity contribution is 0.411. The van der Waals surface area contributed by atoms with E-state index in [9.17, 15) is 0 Å². The van der Waals surface area contributed by atoms with Crippen LogP contribution in [0.15, 0.2) is 33.6 Å². The lowest BCUT2D eigenvalue weighted by Gasteiger charge is -2.04. The van der Waals surface area contributed by atoms with E-state index in [0.717, 1.165) is 15.8 Å². The number of hydrogen-bond donors (Lipinski definition) is 0. The Morgan fingerprint density at radius 3 is 2.93 bits per heavy atom. The highest BCUT2D eigenvalue weighted by Gasteiger charge is 2.10. The van der Waals surface area contributed by atoms with Crippen LogP contribution in [0.4, 0.5) is 0 Å². The van der Waals surface area contributed by atoms with Gasteiger partial charge in [0.15, 0.2) is 0 Å². The Hall–Kier alpha value is -1.36. The number of nitrogens with zero attached hydrogens (tertiary/aromatic N) is 2. The minimum Gasteiger partial charge on any atom is -0.496 e. The molecule has 0 atom stereocenters.